The van der Waals surface area contributed by atoms with Crippen LogP contribution in [0, 0.1) is 0 Å². The first-order valence-electron chi connectivity index (χ1n) is 6.17. The van der Waals surface area contributed by atoms with Crippen molar-refractivity contribution in [3.8, 4) is 0 Å². The number of nitrogens with zero attached hydrogens (tertiary/aromatic N) is 2. The monoisotopic (exact) mass is 268 g/mol. The molecular weight excluding hydrogens is 256 g/mol. The summed E-state index contributed by atoms with van der Waals surface area (Å²) < 4.78 is 0. The quantitative estimate of drug-likeness (QED) is 0.771. The summed E-state index contributed by atoms with van der Waals surface area (Å²) in [4.78, 5) is 31.5. The van der Waals surface area contributed by atoms with Crippen LogP contribution in [-0.4, -0.2) is 21.8 Å². The summed E-state index contributed by atoms with van der Waals surface area (Å²) in [7, 11) is 0. The molecule has 3 rings (SSSR count). The lowest BCUT2D eigenvalue weighted by molar-refractivity contribution is -0.119. The van der Waals surface area contributed by atoms with Crippen LogP contribution < -0.4 is 11.1 Å². The molecule has 0 fully saturated rings. The van der Waals surface area contributed by atoms with Crippen molar-refractivity contribution in [3.63, 3.8) is 0 Å². The molecule has 6 nitrogen and oxygen atoms in total. The van der Waals surface area contributed by atoms with Gasteiger partial charge in [0, 0.05) is 6.42 Å². The molecule has 0 radical (unpaired) electrons. The average Bonchev–Trinajstić information content (AvgIpc) is 2.38. The van der Waals surface area contributed by atoms with Gasteiger partial charge in [0.25, 0.3) is 5.91 Å². The molecule has 0 spiro atoms. The third-order valence-corrected chi connectivity index (χ3v) is 3.07. The van der Waals surface area contributed by atoms with Gasteiger partial charge in [0.2, 0.25) is 5.91 Å². The van der Waals surface area contributed by atoms with Crippen LogP contribution in [-0.2, 0) is 17.6 Å². The Hall–Kier alpha value is -2.76. The molecule has 0 saturated carbocycles. The molecule has 2 aromatic rings. The van der Waals surface area contributed by atoms with E-state index in [1.54, 1.807) is 0 Å². The normalized spacial score (nSPS) is 13.8. The number of amides is 2. The van der Waals surface area contributed by atoms with Gasteiger partial charge in [-0.25, -0.2) is 9.97 Å². The van der Waals surface area contributed by atoms with Crippen LogP contribution in [0.1, 0.15) is 27.4 Å². The first-order valence-corrected chi connectivity index (χ1v) is 6.17. The van der Waals surface area contributed by atoms with Gasteiger partial charge in [0.1, 0.15) is 17.2 Å². The predicted molar refractivity (Wildman–Crippen MR) is 71.9 cm³/mol. The highest BCUT2D eigenvalue weighted by molar-refractivity contribution is 6.11. The standard InChI is InChI=1S/C14H12N4O2/c15-13-12-9(7-11(19)18-14(12)20)16-10(17-13)6-8-4-2-1-3-5-8/h1-5H,6-7H2,(H2,15,16,17)(H,18,19,20). The molecule has 2 amide bonds. The fourth-order valence-electron chi connectivity index (χ4n) is 2.20. The Morgan fingerprint density at radius 2 is 1.90 bits per heavy atom. The topological polar surface area (TPSA) is 98.0 Å². The van der Waals surface area contributed by atoms with E-state index in [1.165, 1.54) is 0 Å². The second kappa shape index (κ2) is 4.73. The number of carbonyl (C=O) groups excluding carboxylic acids is 2. The van der Waals surface area contributed by atoms with E-state index in [1.807, 2.05) is 30.3 Å². The zero-order valence-corrected chi connectivity index (χ0v) is 10.6. The van der Waals surface area contributed by atoms with E-state index in [0.29, 0.717) is 17.9 Å². The fraction of sp³-hybridized carbons (Fsp3) is 0.143. The fourth-order valence-corrected chi connectivity index (χ4v) is 2.20. The molecule has 0 unspecified atom stereocenters. The zero-order chi connectivity index (χ0) is 14.1. The average molecular weight is 268 g/mol. The number of anilines is 1. The smallest absolute Gasteiger partial charge is 0.263 e. The summed E-state index contributed by atoms with van der Waals surface area (Å²) in [5.41, 5.74) is 7.46. The summed E-state index contributed by atoms with van der Waals surface area (Å²) in [6.07, 6.45) is 0.559. The van der Waals surface area contributed by atoms with Crippen molar-refractivity contribution >= 4 is 17.6 Å². The summed E-state index contributed by atoms with van der Waals surface area (Å²) in [6, 6.07) is 9.68. The third-order valence-electron chi connectivity index (χ3n) is 3.07. The van der Waals surface area contributed by atoms with E-state index in [9.17, 15) is 9.59 Å². The number of hydrogen-bond donors (Lipinski definition) is 2. The van der Waals surface area contributed by atoms with Crippen LogP contribution in [0.5, 0.6) is 0 Å². The van der Waals surface area contributed by atoms with Crippen molar-refractivity contribution in [2.45, 2.75) is 12.8 Å². The lowest BCUT2D eigenvalue weighted by Gasteiger charge is -2.16. The molecule has 0 saturated heterocycles. The van der Waals surface area contributed by atoms with Crippen LogP contribution >= 0.6 is 0 Å². The van der Waals surface area contributed by atoms with Crippen LogP contribution in [0.4, 0.5) is 5.82 Å². The number of fused-ring (bicyclic) bond motifs is 1. The first-order chi connectivity index (χ1) is 9.63. The Kier molecular flexibility index (Phi) is 2.90. The molecule has 0 bridgehead atoms. The van der Waals surface area contributed by atoms with E-state index in [0.717, 1.165) is 5.56 Å². The number of rotatable bonds is 2. The molecule has 3 N–H and O–H groups in total. The maximum absolute atomic E-state index is 11.7. The van der Waals surface area contributed by atoms with Crippen LogP contribution in [0.2, 0.25) is 0 Å². The van der Waals surface area contributed by atoms with Crippen molar-refractivity contribution in [2.24, 2.45) is 0 Å². The Balaban J connectivity index is 1.99. The minimum atomic E-state index is -0.528. The number of nitrogens with two attached hydrogens (primary N) is 1. The van der Waals surface area contributed by atoms with Gasteiger partial charge in [-0.15, -0.1) is 0 Å². The van der Waals surface area contributed by atoms with E-state index < -0.39 is 5.91 Å². The molecule has 6 heteroatoms. The Labute approximate surface area is 115 Å². The highest BCUT2D eigenvalue weighted by Gasteiger charge is 2.27. The lowest BCUT2D eigenvalue weighted by Crippen LogP contribution is -2.39. The number of nitrogen functional groups attached to an aromatic ring is 1. The summed E-state index contributed by atoms with van der Waals surface area (Å²) >= 11 is 0. The molecule has 100 valence electrons. The molecule has 1 aliphatic rings. The molecule has 20 heavy (non-hydrogen) atoms. The van der Waals surface area contributed by atoms with E-state index in [2.05, 4.69) is 15.3 Å². The predicted octanol–water partition coefficient (Wildman–Crippen LogP) is 0.462. The Bertz CT molecular complexity index is 698. The van der Waals surface area contributed by atoms with Crippen molar-refractivity contribution in [1.82, 2.24) is 15.3 Å². The van der Waals surface area contributed by atoms with Gasteiger partial charge in [-0.1, -0.05) is 30.3 Å². The minimum absolute atomic E-state index is 0.0512. The number of carbonyl (C=O) groups is 2. The van der Waals surface area contributed by atoms with E-state index in [-0.39, 0.29) is 23.7 Å². The highest BCUT2D eigenvalue weighted by atomic mass is 16.2. The highest BCUT2D eigenvalue weighted by Crippen LogP contribution is 2.19. The summed E-state index contributed by atoms with van der Waals surface area (Å²) in [6.45, 7) is 0. The summed E-state index contributed by atoms with van der Waals surface area (Å²) in [5, 5.41) is 2.21. The van der Waals surface area contributed by atoms with E-state index >= 15 is 0 Å². The van der Waals surface area contributed by atoms with Crippen LogP contribution in [0.15, 0.2) is 30.3 Å². The molecular formula is C14H12N4O2. The van der Waals surface area contributed by atoms with Gasteiger partial charge in [-0.2, -0.15) is 0 Å². The second-order valence-corrected chi connectivity index (χ2v) is 4.56. The Morgan fingerprint density at radius 1 is 1.15 bits per heavy atom. The maximum atomic E-state index is 11.7. The SMILES string of the molecule is Nc1nc(Cc2ccccc2)nc2c1C(=O)NC(=O)C2. The zero-order valence-electron chi connectivity index (χ0n) is 10.6. The number of aromatic nitrogens is 2. The molecule has 2 heterocycles. The number of imide groups is 1. The number of hydrogen-bond acceptors (Lipinski definition) is 5. The van der Waals surface area contributed by atoms with Crippen molar-refractivity contribution in [2.75, 3.05) is 5.73 Å². The molecule has 0 atom stereocenters. The van der Waals surface area contributed by atoms with Crippen LogP contribution in [0.3, 0.4) is 0 Å². The molecule has 1 aromatic carbocycles. The van der Waals surface area contributed by atoms with Crippen molar-refractivity contribution < 1.29 is 9.59 Å². The van der Waals surface area contributed by atoms with Gasteiger partial charge in [0.05, 0.1) is 12.1 Å². The third kappa shape index (κ3) is 2.23. The van der Waals surface area contributed by atoms with Gasteiger partial charge >= 0.3 is 0 Å². The van der Waals surface area contributed by atoms with Gasteiger partial charge in [-0.3, -0.25) is 14.9 Å². The van der Waals surface area contributed by atoms with Crippen molar-refractivity contribution in [1.29, 1.82) is 0 Å². The number of benzene rings is 1. The molecule has 1 aliphatic heterocycles. The second-order valence-electron chi connectivity index (χ2n) is 4.56. The largest absolute Gasteiger partial charge is 0.383 e. The van der Waals surface area contributed by atoms with Gasteiger partial charge < -0.3 is 5.73 Å². The van der Waals surface area contributed by atoms with Gasteiger partial charge in [0.15, 0.2) is 0 Å². The molecule has 1 aromatic heterocycles. The lowest BCUT2D eigenvalue weighted by atomic mass is 10.1. The van der Waals surface area contributed by atoms with Gasteiger partial charge in [-0.05, 0) is 5.56 Å². The van der Waals surface area contributed by atoms with E-state index in [4.69, 9.17) is 5.73 Å². The summed E-state index contributed by atoms with van der Waals surface area (Å²) in [5.74, 6) is -0.271. The number of nitrogens with one attached hydrogen (secondary N) is 1. The first kappa shape index (κ1) is 12.3. The van der Waals surface area contributed by atoms with Crippen LogP contribution in [0.25, 0.3) is 0 Å². The minimum Gasteiger partial charge on any atom is -0.383 e. The Morgan fingerprint density at radius 3 is 2.65 bits per heavy atom. The maximum Gasteiger partial charge on any atom is 0.263 e. The van der Waals surface area contributed by atoms with Crippen molar-refractivity contribution in [3.05, 3.63) is 53.0 Å². The molecule has 0 aliphatic carbocycles.